The average molecular weight is 423 g/mol. The normalized spacial score (nSPS) is 16.2. The van der Waals surface area contributed by atoms with Gasteiger partial charge in [0.05, 0.1) is 5.69 Å². The fraction of sp³-hybridized carbons (Fsp3) is 0.333. The minimum Gasteiger partial charge on any atom is -0.456 e. The average Bonchev–Trinajstić information content (AvgIpc) is 3.08. The van der Waals surface area contributed by atoms with Crippen molar-refractivity contribution < 1.29 is 14.3 Å². The highest BCUT2D eigenvalue weighted by molar-refractivity contribution is 8.00. The molecule has 3 aromatic rings. The third kappa shape index (κ3) is 4.70. The van der Waals surface area contributed by atoms with Crippen molar-refractivity contribution in [2.75, 3.05) is 18.1 Å². The van der Waals surface area contributed by atoms with Gasteiger partial charge < -0.3 is 14.6 Å². The Balaban J connectivity index is 1.28. The van der Waals surface area contributed by atoms with Crippen LogP contribution in [0.5, 0.6) is 0 Å². The number of nitrogens with one attached hydrogen (secondary N) is 1. The summed E-state index contributed by atoms with van der Waals surface area (Å²) in [4.78, 5) is 31.1. The zero-order valence-electron chi connectivity index (χ0n) is 17.1. The molecule has 4 rings (SSSR count). The molecule has 0 bridgehead atoms. The van der Waals surface area contributed by atoms with Crippen LogP contribution in [0, 0.1) is 0 Å². The molecule has 156 valence electrons. The first kappa shape index (κ1) is 20.5. The lowest BCUT2D eigenvalue weighted by Crippen LogP contribution is -2.35. The van der Waals surface area contributed by atoms with Crippen molar-refractivity contribution >= 4 is 40.2 Å². The number of amides is 1. The molecule has 30 heavy (non-hydrogen) atoms. The van der Waals surface area contributed by atoms with Crippen molar-refractivity contribution in [3.63, 3.8) is 0 Å². The lowest BCUT2D eigenvalue weighted by Gasteiger charge is -2.22. The first-order valence-electron chi connectivity index (χ1n) is 10.4. The zero-order valence-corrected chi connectivity index (χ0v) is 17.9. The number of ether oxygens (including phenoxy) is 1. The van der Waals surface area contributed by atoms with Crippen molar-refractivity contribution in [1.29, 1.82) is 0 Å². The molecular weight excluding hydrogens is 396 g/mol. The smallest absolute Gasteiger partial charge is 0.306 e. The van der Waals surface area contributed by atoms with E-state index in [9.17, 15) is 9.59 Å². The van der Waals surface area contributed by atoms with Gasteiger partial charge in [-0.1, -0.05) is 37.3 Å². The molecule has 0 fully saturated rings. The minimum absolute atomic E-state index is 0.165. The number of hydrogen-bond acceptors (Lipinski definition) is 4. The second-order valence-electron chi connectivity index (χ2n) is 7.60. The fourth-order valence-corrected chi connectivity index (χ4v) is 4.91. The number of fused-ring (bicyclic) bond motifs is 2. The topological polar surface area (TPSA) is 62.4 Å². The van der Waals surface area contributed by atoms with E-state index in [1.54, 1.807) is 16.7 Å². The van der Waals surface area contributed by atoms with E-state index in [-0.39, 0.29) is 18.5 Å². The van der Waals surface area contributed by atoms with Crippen molar-refractivity contribution in [3.05, 3.63) is 60.3 Å². The third-order valence-corrected chi connectivity index (χ3v) is 6.64. The maximum absolute atomic E-state index is 12.8. The van der Waals surface area contributed by atoms with Gasteiger partial charge in [0, 0.05) is 40.2 Å². The Kier molecular flexibility index (Phi) is 6.43. The van der Waals surface area contributed by atoms with E-state index in [0.717, 1.165) is 28.9 Å². The number of aromatic nitrogens is 1. The van der Waals surface area contributed by atoms with E-state index in [4.69, 9.17) is 4.74 Å². The van der Waals surface area contributed by atoms with Crippen LogP contribution in [0.4, 0.5) is 5.69 Å². The van der Waals surface area contributed by atoms with Crippen LogP contribution in [-0.2, 0) is 20.7 Å². The fourth-order valence-electron chi connectivity index (χ4n) is 3.80. The van der Waals surface area contributed by atoms with Crippen LogP contribution in [0.2, 0.25) is 0 Å². The molecule has 1 aliphatic heterocycles. The van der Waals surface area contributed by atoms with Crippen molar-refractivity contribution in [1.82, 2.24) is 4.98 Å². The summed E-state index contributed by atoms with van der Waals surface area (Å²) in [6.45, 7) is 2.60. The predicted octanol–water partition coefficient (Wildman–Crippen LogP) is 4.95. The van der Waals surface area contributed by atoms with Crippen LogP contribution < -0.4 is 4.90 Å². The van der Waals surface area contributed by atoms with Gasteiger partial charge in [-0.15, -0.1) is 11.8 Å². The summed E-state index contributed by atoms with van der Waals surface area (Å²) in [5, 5.41) is 1.63. The maximum Gasteiger partial charge on any atom is 0.306 e. The van der Waals surface area contributed by atoms with E-state index >= 15 is 0 Å². The third-order valence-electron chi connectivity index (χ3n) is 5.40. The summed E-state index contributed by atoms with van der Waals surface area (Å²) in [6, 6.07) is 16.1. The Morgan fingerprint density at radius 1 is 1.17 bits per heavy atom. The van der Waals surface area contributed by atoms with E-state index < -0.39 is 0 Å². The van der Waals surface area contributed by atoms with Crippen LogP contribution >= 0.6 is 11.8 Å². The highest BCUT2D eigenvalue weighted by Gasteiger charge is 2.24. The largest absolute Gasteiger partial charge is 0.456 e. The Morgan fingerprint density at radius 2 is 1.97 bits per heavy atom. The molecule has 1 amide bonds. The zero-order chi connectivity index (χ0) is 20.9. The molecular formula is C24H26N2O3S. The molecule has 2 heterocycles. The number of para-hydroxylation sites is 2. The van der Waals surface area contributed by atoms with Gasteiger partial charge in [0.1, 0.15) is 0 Å². The van der Waals surface area contributed by atoms with Crippen molar-refractivity contribution in [2.24, 2.45) is 0 Å². The SMILES string of the molecule is C[C@@H]1CCN(C(=O)COC(=O)CCCc2c[nH]c3ccccc23)c2ccccc2S1. The minimum atomic E-state index is -0.325. The second kappa shape index (κ2) is 9.39. The Bertz CT molecular complexity index is 1050. The molecule has 0 aliphatic carbocycles. The number of hydrogen-bond donors (Lipinski definition) is 1. The van der Waals surface area contributed by atoms with Crippen LogP contribution in [0.3, 0.4) is 0 Å². The summed E-state index contributed by atoms with van der Waals surface area (Å²) in [7, 11) is 0. The number of H-pyrrole nitrogens is 1. The molecule has 1 atom stereocenters. The number of nitrogens with zero attached hydrogens (tertiary/aromatic N) is 1. The van der Waals surface area contributed by atoms with E-state index in [1.807, 2.05) is 48.7 Å². The number of rotatable bonds is 6. The monoisotopic (exact) mass is 422 g/mol. The van der Waals surface area contributed by atoms with Gasteiger partial charge in [-0.25, -0.2) is 0 Å². The predicted molar refractivity (Wildman–Crippen MR) is 121 cm³/mol. The number of benzene rings is 2. The van der Waals surface area contributed by atoms with Gasteiger partial charge in [0.25, 0.3) is 5.91 Å². The lowest BCUT2D eigenvalue weighted by molar-refractivity contribution is -0.147. The lowest BCUT2D eigenvalue weighted by atomic mass is 10.1. The Labute approximate surface area is 180 Å². The van der Waals surface area contributed by atoms with E-state index in [0.29, 0.717) is 24.6 Å². The number of anilines is 1. The van der Waals surface area contributed by atoms with Crippen molar-refractivity contribution in [3.8, 4) is 0 Å². The van der Waals surface area contributed by atoms with E-state index in [1.165, 1.54) is 10.9 Å². The standard InChI is InChI=1S/C24H26N2O3S/c1-17-13-14-26(21-10-4-5-11-22(21)30-17)23(27)16-29-24(28)12-6-7-18-15-25-20-9-3-2-8-19(18)20/h2-5,8-11,15,17,25H,6-7,12-14,16H2,1H3/t17-/m1/s1. The summed E-state index contributed by atoms with van der Waals surface area (Å²) in [5.74, 6) is -0.490. The summed E-state index contributed by atoms with van der Waals surface area (Å²) >= 11 is 1.78. The number of aromatic amines is 1. The molecule has 1 aliphatic rings. The Morgan fingerprint density at radius 3 is 2.87 bits per heavy atom. The molecule has 0 radical (unpaired) electrons. The summed E-state index contributed by atoms with van der Waals surface area (Å²) in [6.07, 6.45) is 4.69. The van der Waals surface area contributed by atoms with Crippen LogP contribution in [0.1, 0.15) is 31.7 Å². The van der Waals surface area contributed by atoms with Crippen LogP contribution in [-0.4, -0.2) is 35.3 Å². The van der Waals surface area contributed by atoms with Gasteiger partial charge >= 0.3 is 5.97 Å². The number of thioether (sulfide) groups is 1. The molecule has 1 aromatic heterocycles. The number of esters is 1. The van der Waals surface area contributed by atoms with Crippen molar-refractivity contribution in [2.45, 2.75) is 42.8 Å². The summed E-state index contributed by atoms with van der Waals surface area (Å²) in [5.41, 5.74) is 3.21. The van der Waals surface area contributed by atoms with Gasteiger partial charge in [-0.3, -0.25) is 9.59 Å². The molecule has 0 spiro atoms. The molecule has 0 saturated heterocycles. The molecule has 0 saturated carbocycles. The molecule has 2 aromatic carbocycles. The highest BCUT2D eigenvalue weighted by Crippen LogP contribution is 2.37. The molecule has 0 unspecified atom stereocenters. The first-order chi connectivity index (χ1) is 14.6. The molecule has 1 N–H and O–H groups in total. The van der Waals surface area contributed by atoms with Crippen LogP contribution in [0.25, 0.3) is 10.9 Å². The van der Waals surface area contributed by atoms with Gasteiger partial charge in [-0.05, 0) is 43.0 Å². The van der Waals surface area contributed by atoms with Crippen LogP contribution in [0.15, 0.2) is 59.6 Å². The van der Waals surface area contributed by atoms with Gasteiger partial charge in [0.2, 0.25) is 0 Å². The Hall–Kier alpha value is -2.73. The van der Waals surface area contributed by atoms with E-state index in [2.05, 4.69) is 18.0 Å². The van der Waals surface area contributed by atoms with Gasteiger partial charge in [-0.2, -0.15) is 0 Å². The number of carbonyl (C=O) groups is 2. The van der Waals surface area contributed by atoms with Gasteiger partial charge in [0.15, 0.2) is 6.61 Å². The highest BCUT2D eigenvalue weighted by atomic mass is 32.2. The second-order valence-corrected chi connectivity index (χ2v) is 9.08. The number of carbonyl (C=O) groups excluding carboxylic acids is 2. The maximum atomic E-state index is 12.8. The molecule has 6 heteroatoms. The molecule has 5 nitrogen and oxygen atoms in total. The number of aryl methyl sites for hydroxylation is 1. The first-order valence-corrected chi connectivity index (χ1v) is 11.3. The summed E-state index contributed by atoms with van der Waals surface area (Å²) < 4.78 is 5.30. The quantitative estimate of drug-likeness (QED) is 0.571.